The molecule has 3 aliphatic rings. The molecule has 2 aliphatic heterocycles. The van der Waals surface area contributed by atoms with Gasteiger partial charge in [-0.3, -0.25) is 9.59 Å². The molecule has 0 saturated heterocycles. The molecule has 2 atom stereocenters. The maximum atomic E-state index is 13.4. The van der Waals surface area contributed by atoms with E-state index in [2.05, 4.69) is 4.98 Å². The highest BCUT2D eigenvalue weighted by molar-refractivity contribution is 6.11. The fourth-order valence-corrected chi connectivity index (χ4v) is 6.73. The first kappa shape index (κ1) is 32.5. The third-order valence-corrected chi connectivity index (χ3v) is 9.09. The van der Waals surface area contributed by atoms with E-state index < -0.39 is 30.2 Å². The van der Waals surface area contributed by atoms with Crippen molar-refractivity contribution in [1.29, 1.82) is 0 Å². The van der Waals surface area contributed by atoms with Crippen LogP contribution < -0.4 is 14.2 Å². The van der Waals surface area contributed by atoms with Gasteiger partial charge in [-0.1, -0.05) is 11.6 Å². The van der Waals surface area contributed by atoms with Gasteiger partial charge < -0.3 is 39.3 Å². The lowest BCUT2D eigenvalue weighted by Gasteiger charge is -2.32. The number of Topliss-reactive ketones (excluding diaryl/α,β-unsaturated/α-hetero) is 1. The molecule has 0 radical (unpaired) electrons. The van der Waals surface area contributed by atoms with Gasteiger partial charge in [-0.15, -0.1) is 0 Å². The Morgan fingerprint density at radius 3 is 2.66 bits per heavy atom. The number of aliphatic hydroxyl groups excluding tert-OH is 2. The fraction of sp³-hybridized carbons (Fsp3) is 0.417. The number of ketones is 1. The zero-order valence-electron chi connectivity index (χ0n) is 26.7. The minimum atomic E-state index is -1.27. The molecule has 1 fully saturated rings. The van der Waals surface area contributed by atoms with E-state index in [0.29, 0.717) is 41.6 Å². The number of carbonyl (C=O) groups is 3. The van der Waals surface area contributed by atoms with Crippen LogP contribution in [0.25, 0.3) is 16.5 Å². The standard InChI is InChI=1S/C36H39NO10/c1-4-44-35(42)34-24(17-39)29(21-7-9-27(41)22(15-21)19-6-8-26-20(14-19)10-11-37-26)30-32(45-13-5-12-38)23-16-28(36(2,3)43)46-31(23)25(18-40)33(30)47-34/h6,8,10-11,14,17,22,28,37-38,40,43H,4-5,7,9,12-13,15-16,18H2,1-3H3/b29-21-/t22-,28-/m0/s1. The number of H-pyrrole nitrogens is 1. The summed E-state index contributed by atoms with van der Waals surface area (Å²) in [6, 6.07) is 7.77. The Morgan fingerprint density at radius 2 is 1.96 bits per heavy atom. The number of hydrogen-bond acceptors (Lipinski definition) is 10. The molecule has 0 bridgehead atoms. The molecule has 2 aromatic carbocycles. The third-order valence-electron chi connectivity index (χ3n) is 9.09. The van der Waals surface area contributed by atoms with Crippen LogP contribution in [-0.2, 0) is 32.1 Å². The molecule has 0 amide bonds. The van der Waals surface area contributed by atoms with Gasteiger partial charge in [0, 0.05) is 54.6 Å². The summed E-state index contributed by atoms with van der Waals surface area (Å²) >= 11 is 0. The van der Waals surface area contributed by atoms with Gasteiger partial charge in [-0.25, -0.2) is 4.79 Å². The van der Waals surface area contributed by atoms with Gasteiger partial charge in [-0.05, 0) is 62.8 Å². The fourth-order valence-electron chi connectivity index (χ4n) is 6.73. The van der Waals surface area contributed by atoms with E-state index in [9.17, 15) is 29.7 Å². The molecular formula is C36H39NO10. The van der Waals surface area contributed by atoms with Crippen molar-refractivity contribution in [2.24, 2.45) is 0 Å². The molecule has 4 N–H and O–H groups in total. The SMILES string of the molecule is CCOC(=O)C1=C(C=O)/C(=C2\CCC(=O)[C@H](c3ccc4[nH]ccc4c3)C2)c2c(OCCCO)c3c(c(CO)c2O1)O[C@H](C(C)(C)O)C3. The average molecular weight is 646 g/mol. The first-order chi connectivity index (χ1) is 22.6. The van der Waals surface area contributed by atoms with Crippen molar-refractivity contribution in [3.8, 4) is 17.2 Å². The van der Waals surface area contributed by atoms with Crippen LogP contribution in [0.1, 0.15) is 74.6 Å². The number of aromatic amines is 1. The highest BCUT2D eigenvalue weighted by Gasteiger charge is 2.45. The second kappa shape index (κ2) is 13.0. The molecule has 1 aromatic heterocycles. The number of hydrogen-bond donors (Lipinski definition) is 4. The number of allylic oxidation sites excluding steroid dienone is 3. The maximum Gasteiger partial charge on any atom is 0.375 e. The molecular weight excluding hydrogens is 606 g/mol. The second-order valence-corrected chi connectivity index (χ2v) is 12.6. The summed E-state index contributed by atoms with van der Waals surface area (Å²) in [7, 11) is 0. The van der Waals surface area contributed by atoms with E-state index in [-0.39, 0.29) is 73.3 Å². The van der Waals surface area contributed by atoms with Crippen molar-refractivity contribution in [3.05, 3.63) is 69.6 Å². The second-order valence-electron chi connectivity index (χ2n) is 12.6. The average Bonchev–Trinajstić information content (AvgIpc) is 3.72. The summed E-state index contributed by atoms with van der Waals surface area (Å²) < 4.78 is 24.0. The predicted molar refractivity (Wildman–Crippen MR) is 171 cm³/mol. The van der Waals surface area contributed by atoms with Gasteiger partial charge in [0.1, 0.15) is 29.1 Å². The number of aliphatic hydroxyl groups is 3. The maximum absolute atomic E-state index is 13.4. The largest absolute Gasteiger partial charge is 0.492 e. The molecule has 0 spiro atoms. The number of benzene rings is 2. The van der Waals surface area contributed by atoms with Crippen LogP contribution in [0.4, 0.5) is 0 Å². The van der Waals surface area contributed by atoms with Gasteiger partial charge in [0.15, 0.2) is 6.29 Å². The van der Waals surface area contributed by atoms with E-state index in [1.165, 1.54) is 0 Å². The zero-order valence-corrected chi connectivity index (χ0v) is 26.7. The lowest BCUT2D eigenvalue weighted by atomic mass is 9.75. The minimum absolute atomic E-state index is 0.0255. The van der Waals surface area contributed by atoms with Crippen LogP contribution in [0.2, 0.25) is 0 Å². The molecule has 11 nitrogen and oxygen atoms in total. The zero-order chi connectivity index (χ0) is 33.5. The van der Waals surface area contributed by atoms with Crippen molar-refractivity contribution >= 4 is 34.5 Å². The lowest BCUT2D eigenvalue weighted by Crippen LogP contribution is -2.39. The number of aromatic nitrogens is 1. The smallest absolute Gasteiger partial charge is 0.375 e. The third kappa shape index (κ3) is 5.83. The number of carbonyl (C=O) groups excluding carboxylic acids is 3. The van der Waals surface area contributed by atoms with Gasteiger partial charge in [0.2, 0.25) is 5.76 Å². The Morgan fingerprint density at radius 1 is 1.15 bits per heavy atom. The van der Waals surface area contributed by atoms with E-state index in [1.54, 1.807) is 20.8 Å². The quantitative estimate of drug-likeness (QED) is 0.143. The molecule has 1 aliphatic carbocycles. The van der Waals surface area contributed by atoms with Crippen LogP contribution >= 0.6 is 0 Å². The highest BCUT2D eigenvalue weighted by Crippen LogP contribution is 2.56. The normalized spacial score (nSPS) is 20.9. The molecule has 47 heavy (non-hydrogen) atoms. The van der Waals surface area contributed by atoms with Crippen molar-refractivity contribution < 1.29 is 48.7 Å². The predicted octanol–water partition coefficient (Wildman–Crippen LogP) is 4.19. The van der Waals surface area contributed by atoms with E-state index in [1.807, 2.05) is 30.5 Å². The summed E-state index contributed by atoms with van der Waals surface area (Å²) in [6.07, 6.45) is 2.99. The number of nitrogens with one attached hydrogen (secondary N) is 1. The van der Waals surface area contributed by atoms with Crippen LogP contribution in [0, 0.1) is 0 Å². The topological polar surface area (TPSA) is 165 Å². The van der Waals surface area contributed by atoms with Gasteiger partial charge >= 0.3 is 5.97 Å². The Bertz CT molecular complexity index is 1810. The summed E-state index contributed by atoms with van der Waals surface area (Å²) in [5, 5.41) is 32.2. The summed E-state index contributed by atoms with van der Waals surface area (Å²) in [5.74, 6) is -1.02. The van der Waals surface area contributed by atoms with Crippen LogP contribution in [0.3, 0.4) is 0 Å². The molecule has 11 heteroatoms. The minimum Gasteiger partial charge on any atom is -0.492 e. The molecule has 1 saturated carbocycles. The Hall–Kier alpha value is -4.45. The molecule has 3 aromatic rings. The van der Waals surface area contributed by atoms with E-state index in [0.717, 1.165) is 22.0 Å². The lowest BCUT2D eigenvalue weighted by molar-refractivity contribution is -0.141. The number of rotatable bonds is 10. The monoisotopic (exact) mass is 645 g/mol. The first-order valence-corrected chi connectivity index (χ1v) is 15.9. The Balaban J connectivity index is 1.61. The number of aldehydes is 1. The molecule has 6 rings (SSSR count). The summed E-state index contributed by atoms with van der Waals surface area (Å²) in [5.41, 5.74) is 2.73. The van der Waals surface area contributed by atoms with Gasteiger partial charge in [0.05, 0.1) is 42.1 Å². The van der Waals surface area contributed by atoms with Gasteiger partial charge in [-0.2, -0.15) is 0 Å². The van der Waals surface area contributed by atoms with Crippen LogP contribution in [0.5, 0.6) is 17.2 Å². The van der Waals surface area contributed by atoms with Crippen molar-refractivity contribution in [1.82, 2.24) is 4.98 Å². The van der Waals surface area contributed by atoms with Gasteiger partial charge in [0.25, 0.3) is 0 Å². The van der Waals surface area contributed by atoms with Crippen molar-refractivity contribution in [2.75, 3.05) is 19.8 Å². The number of fused-ring (bicyclic) bond motifs is 3. The molecule has 3 heterocycles. The number of esters is 1. The van der Waals surface area contributed by atoms with Crippen LogP contribution in [0.15, 0.2) is 47.4 Å². The number of ether oxygens (including phenoxy) is 4. The molecule has 0 unspecified atom stereocenters. The first-order valence-electron chi connectivity index (χ1n) is 15.9. The Labute approximate surface area is 271 Å². The summed E-state index contributed by atoms with van der Waals surface area (Å²) in [4.78, 5) is 42.9. The Kier molecular flexibility index (Phi) is 8.97. The van der Waals surface area contributed by atoms with Crippen molar-refractivity contribution in [3.63, 3.8) is 0 Å². The highest BCUT2D eigenvalue weighted by atomic mass is 16.6. The van der Waals surface area contributed by atoms with E-state index >= 15 is 0 Å². The van der Waals surface area contributed by atoms with Crippen LogP contribution in [-0.4, -0.2) is 69.9 Å². The van der Waals surface area contributed by atoms with Crippen molar-refractivity contribution in [2.45, 2.75) is 77.1 Å². The molecule has 248 valence electrons. The van der Waals surface area contributed by atoms with E-state index in [4.69, 9.17) is 18.9 Å². The summed E-state index contributed by atoms with van der Waals surface area (Å²) in [6.45, 7) is 4.32.